The smallest absolute Gasteiger partial charge is 0.145 e. The Morgan fingerprint density at radius 3 is 1.60 bits per heavy atom. The first-order valence-electron chi connectivity index (χ1n) is 10.3. The zero-order valence-corrected chi connectivity index (χ0v) is 16.7. The zero-order valence-electron chi connectivity index (χ0n) is 16.7. The summed E-state index contributed by atoms with van der Waals surface area (Å²) in [5, 5.41) is 2.14. The van der Waals surface area contributed by atoms with Gasteiger partial charge in [-0.2, -0.15) is 0 Å². The van der Waals surface area contributed by atoms with Crippen LogP contribution in [-0.4, -0.2) is 36.3 Å². The fourth-order valence-electron chi connectivity index (χ4n) is 4.06. The molecule has 30 heavy (non-hydrogen) atoms. The fraction of sp³-hybridized carbons (Fsp3) is 0.250. The minimum Gasteiger partial charge on any atom is -0.490 e. The van der Waals surface area contributed by atoms with Crippen molar-refractivity contribution in [2.24, 2.45) is 11.5 Å². The Morgan fingerprint density at radius 1 is 0.700 bits per heavy atom. The van der Waals surface area contributed by atoms with Crippen molar-refractivity contribution in [2.75, 3.05) is 26.3 Å². The molecule has 152 valence electrons. The molecule has 0 saturated carbocycles. The SMILES string of the molecule is NCCOc1cccc2cc3c(nc12)-c1nc2c(OCCN)cccc2cc1CC3. The molecule has 2 aromatic heterocycles. The number of nitrogens with zero attached hydrogens (tertiary/aromatic N) is 2. The Labute approximate surface area is 174 Å². The van der Waals surface area contributed by atoms with Crippen LogP contribution in [0.15, 0.2) is 48.5 Å². The number of benzene rings is 2. The molecule has 2 aromatic carbocycles. The van der Waals surface area contributed by atoms with Gasteiger partial charge in [0, 0.05) is 23.9 Å². The first-order valence-corrected chi connectivity index (χ1v) is 10.3. The summed E-state index contributed by atoms with van der Waals surface area (Å²) in [7, 11) is 0. The standard InChI is InChI=1S/C24H24N4O2/c25-9-11-29-19-5-1-3-15-13-17-7-8-18-14-16-4-2-6-20(30-12-10-26)22(16)28-24(18)23(17)27-21(15)19/h1-6,13-14H,7-12,25-26H2. The lowest BCUT2D eigenvalue weighted by Crippen LogP contribution is -2.12. The lowest BCUT2D eigenvalue weighted by Gasteiger charge is -2.20. The van der Waals surface area contributed by atoms with Gasteiger partial charge in [0.1, 0.15) is 35.7 Å². The summed E-state index contributed by atoms with van der Waals surface area (Å²) in [6.07, 6.45) is 1.88. The number of pyridine rings is 2. The van der Waals surface area contributed by atoms with Crippen LogP contribution in [-0.2, 0) is 12.8 Å². The summed E-state index contributed by atoms with van der Waals surface area (Å²) >= 11 is 0. The van der Waals surface area contributed by atoms with E-state index in [1.807, 2.05) is 24.3 Å². The van der Waals surface area contributed by atoms with E-state index in [0.717, 1.165) is 57.5 Å². The van der Waals surface area contributed by atoms with Crippen molar-refractivity contribution in [1.82, 2.24) is 9.97 Å². The number of fused-ring (bicyclic) bond motifs is 5. The Kier molecular flexibility index (Phi) is 4.94. The molecule has 0 atom stereocenters. The van der Waals surface area contributed by atoms with Gasteiger partial charge in [-0.05, 0) is 48.2 Å². The van der Waals surface area contributed by atoms with E-state index in [-0.39, 0.29) is 0 Å². The Bertz CT molecular complexity index is 1140. The minimum atomic E-state index is 0.458. The van der Waals surface area contributed by atoms with E-state index in [1.165, 1.54) is 11.1 Å². The van der Waals surface area contributed by atoms with Gasteiger partial charge in [-0.25, -0.2) is 9.97 Å². The first kappa shape index (κ1) is 18.8. The van der Waals surface area contributed by atoms with Crippen LogP contribution in [0.4, 0.5) is 0 Å². The number of nitrogens with two attached hydrogens (primary N) is 2. The number of aryl methyl sites for hydroxylation is 2. The van der Waals surface area contributed by atoms with Gasteiger partial charge in [-0.3, -0.25) is 0 Å². The van der Waals surface area contributed by atoms with Crippen LogP contribution in [0.5, 0.6) is 11.5 Å². The van der Waals surface area contributed by atoms with Crippen LogP contribution in [0.25, 0.3) is 33.2 Å². The first-order chi connectivity index (χ1) is 14.8. The predicted molar refractivity (Wildman–Crippen MR) is 119 cm³/mol. The Morgan fingerprint density at radius 2 is 1.17 bits per heavy atom. The third kappa shape index (κ3) is 3.24. The highest BCUT2D eigenvalue weighted by Gasteiger charge is 2.22. The lowest BCUT2D eigenvalue weighted by atomic mass is 9.90. The molecule has 1 aliphatic carbocycles. The van der Waals surface area contributed by atoms with Gasteiger partial charge in [0.25, 0.3) is 0 Å². The Balaban J connectivity index is 1.69. The van der Waals surface area contributed by atoms with Crippen LogP contribution < -0.4 is 20.9 Å². The van der Waals surface area contributed by atoms with E-state index in [9.17, 15) is 0 Å². The molecule has 0 aliphatic heterocycles. The van der Waals surface area contributed by atoms with Crippen molar-refractivity contribution in [2.45, 2.75) is 12.8 Å². The van der Waals surface area contributed by atoms with Gasteiger partial charge in [0.15, 0.2) is 0 Å². The number of hydrogen-bond acceptors (Lipinski definition) is 6. The molecule has 0 bridgehead atoms. The summed E-state index contributed by atoms with van der Waals surface area (Å²) in [6, 6.07) is 16.4. The van der Waals surface area contributed by atoms with E-state index < -0.39 is 0 Å². The van der Waals surface area contributed by atoms with Crippen LogP contribution in [0.1, 0.15) is 11.1 Å². The summed E-state index contributed by atoms with van der Waals surface area (Å²) < 4.78 is 11.7. The van der Waals surface area contributed by atoms with Gasteiger partial charge in [0.05, 0.1) is 11.4 Å². The van der Waals surface area contributed by atoms with Crippen LogP contribution in [0.3, 0.4) is 0 Å². The number of rotatable bonds is 6. The molecule has 4 N–H and O–H groups in total. The Hall–Kier alpha value is -3.22. The largest absolute Gasteiger partial charge is 0.490 e. The second-order valence-corrected chi connectivity index (χ2v) is 7.42. The molecular formula is C24H24N4O2. The predicted octanol–water partition coefficient (Wildman–Crippen LogP) is 3.22. The topological polar surface area (TPSA) is 96.3 Å². The minimum absolute atomic E-state index is 0.458. The summed E-state index contributed by atoms with van der Waals surface area (Å²) in [5.41, 5.74) is 17.2. The second-order valence-electron chi connectivity index (χ2n) is 7.42. The van der Waals surface area contributed by atoms with Crippen molar-refractivity contribution in [3.63, 3.8) is 0 Å². The maximum Gasteiger partial charge on any atom is 0.145 e. The molecule has 0 fully saturated rings. The summed E-state index contributed by atoms with van der Waals surface area (Å²) in [4.78, 5) is 10.0. The third-order valence-electron chi connectivity index (χ3n) is 5.41. The molecule has 0 radical (unpaired) electrons. The fourth-order valence-corrected chi connectivity index (χ4v) is 4.06. The molecule has 6 heteroatoms. The second kappa shape index (κ2) is 7.89. The van der Waals surface area contributed by atoms with E-state index >= 15 is 0 Å². The van der Waals surface area contributed by atoms with Crippen LogP contribution in [0.2, 0.25) is 0 Å². The maximum absolute atomic E-state index is 5.84. The van der Waals surface area contributed by atoms with Gasteiger partial charge in [0.2, 0.25) is 0 Å². The molecule has 1 aliphatic rings. The van der Waals surface area contributed by atoms with Gasteiger partial charge in [-0.15, -0.1) is 0 Å². The van der Waals surface area contributed by atoms with Crippen molar-refractivity contribution in [3.05, 3.63) is 59.7 Å². The van der Waals surface area contributed by atoms with E-state index in [0.29, 0.717) is 26.3 Å². The number of ether oxygens (including phenoxy) is 2. The molecular weight excluding hydrogens is 376 g/mol. The highest BCUT2D eigenvalue weighted by molar-refractivity contribution is 5.91. The highest BCUT2D eigenvalue weighted by atomic mass is 16.5. The molecule has 5 rings (SSSR count). The molecule has 2 heterocycles. The van der Waals surface area contributed by atoms with E-state index in [2.05, 4.69) is 24.3 Å². The molecule has 0 amide bonds. The third-order valence-corrected chi connectivity index (χ3v) is 5.41. The summed E-state index contributed by atoms with van der Waals surface area (Å²) in [5.74, 6) is 1.50. The maximum atomic E-state index is 5.84. The summed E-state index contributed by atoms with van der Waals surface area (Å²) in [6.45, 7) is 1.84. The molecule has 6 nitrogen and oxygen atoms in total. The van der Waals surface area contributed by atoms with Crippen molar-refractivity contribution in [3.8, 4) is 22.9 Å². The monoisotopic (exact) mass is 400 g/mol. The normalized spacial score (nSPS) is 12.6. The highest BCUT2D eigenvalue weighted by Crippen LogP contribution is 2.37. The average Bonchev–Trinajstić information content (AvgIpc) is 2.78. The average molecular weight is 400 g/mol. The zero-order chi connectivity index (χ0) is 20.5. The molecule has 0 saturated heterocycles. The van der Waals surface area contributed by atoms with Gasteiger partial charge >= 0.3 is 0 Å². The van der Waals surface area contributed by atoms with Crippen molar-refractivity contribution in [1.29, 1.82) is 0 Å². The molecule has 4 aromatic rings. The molecule has 0 spiro atoms. The number of hydrogen-bond donors (Lipinski definition) is 2. The van der Waals surface area contributed by atoms with Crippen LogP contribution >= 0.6 is 0 Å². The molecule has 0 unspecified atom stereocenters. The van der Waals surface area contributed by atoms with Gasteiger partial charge in [-0.1, -0.05) is 24.3 Å². The van der Waals surface area contributed by atoms with Crippen molar-refractivity contribution < 1.29 is 9.47 Å². The lowest BCUT2D eigenvalue weighted by molar-refractivity contribution is 0.331. The van der Waals surface area contributed by atoms with Crippen LogP contribution in [0, 0.1) is 0 Å². The quantitative estimate of drug-likeness (QED) is 0.516. The number of aromatic nitrogens is 2. The van der Waals surface area contributed by atoms with E-state index in [1.54, 1.807) is 0 Å². The number of para-hydroxylation sites is 2. The van der Waals surface area contributed by atoms with Gasteiger partial charge < -0.3 is 20.9 Å². The van der Waals surface area contributed by atoms with Crippen molar-refractivity contribution >= 4 is 21.8 Å². The van der Waals surface area contributed by atoms with E-state index in [4.69, 9.17) is 30.9 Å².